The Morgan fingerprint density at radius 1 is 0.970 bits per heavy atom. The van der Waals surface area contributed by atoms with Gasteiger partial charge in [0.05, 0.1) is 20.4 Å². The number of non-ortho nitro benzene ring substituents is 1. The number of amides is 1. The number of aryl methyl sites for hydroxylation is 1. The molecule has 0 aromatic heterocycles. The maximum atomic E-state index is 13.0. The zero-order valence-electron chi connectivity index (χ0n) is 17.1. The molecule has 1 amide bonds. The van der Waals surface area contributed by atoms with Gasteiger partial charge in [-0.05, 0) is 24.6 Å². The van der Waals surface area contributed by atoms with E-state index in [9.17, 15) is 29.8 Å². The second-order valence-corrected chi connectivity index (χ2v) is 7.29. The summed E-state index contributed by atoms with van der Waals surface area (Å²) < 4.78 is 5.39. The van der Waals surface area contributed by atoms with E-state index in [0.717, 1.165) is 18.2 Å². The molecule has 0 bridgehead atoms. The van der Waals surface area contributed by atoms with Crippen LogP contribution in [0.5, 0.6) is 0 Å². The van der Waals surface area contributed by atoms with Crippen LogP contribution >= 0.6 is 11.6 Å². The van der Waals surface area contributed by atoms with Gasteiger partial charge in [-0.15, -0.1) is 0 Å². The molecule has 3 rings (SSSR count). The Morgan fingerprint density at radius 3 is 2.27 bits per heavy atom. The van der Waals surface area contributed by atoms with Gasteiger partial charge in [-0.1, -0.05) is 48.0 Å². The van der Waals surface area contributed by atoms with Crippen LogP contribution < -0.4 is 5.32 Å². The van der Waals surface area contributed by atoms with E-state index in [-0.39, 0.29) is 27.6 Å². The number of halogens is 1. The largest absolute Gasteiger partial charge is 0.444 e. The number of hydrogen-bond donors (Lipinski definition) is 1. The summed E-state index contributed by atoms with van der Waals surface area (Å²) in [5.74, 6) is -1.84. The Hall–Kier alpha value is -4.31. The maximum absolute atomic E-state index is 13.0. The van der Waals surface area contributed by atoms with Gasteiger partial charge in [-0.25, -0.2) is 4.79 Å². The molecule has 0 fully saturated rings. The lowest BCUT2D eigenvalue weighted by Gasteiger charge is -2.18. The first-order valence-corrected chi connectivity index (χ1v) is 9.81. The van der Waals surface area contributed by atoms with Gasteiger partial charge in [-0.3, -0.25) is 25.0 Å². The van der Waals surface area contributed by atoms with Crippen molar-refractivity contribution < 1.29 is 24.2 Å². The van der Waals surface area contributed by atoms with Gasteiger partial charge in [-0.2, -0.15) is 0 Å². The fraction of sp³-hybridized carbons (Fsp3) is 0.0909. The molecule has 0 saturated heterocycles. The average Bonchev–Trinajstić information content (AvgIpc) is 2.78. The van der Waals surface area contributed by atoms with E-state index in [1.165, 1.54) is 12.1 Å². The number of ether oxygens (including phenoxy) is 1. The van der Waals surface area contributed by atoms with Crippen molar-refractivity contribution in [2.24, 2.45) is 0 Å². The van der Waals surface area contributed by atoms with Gasteiger partial charge in [0.15, 0.2) is 0 Å². The van der Waals surface area contributed by atoms with Crippen molar-refractivity contribution >= 4 is 40.5 Å². The predicted molar refractivity (Wildman–Crippen MR) is 119 cm³/mol. The fourth-order valence-corrected chi connectivity index (χ4v) is 3.20. The standard InChI is InChI=1S/C22H16ClN3O7/c1-13-7-10-18(19(11-13)26(31)32)24-21(27)20(14-5-3-2-4-6-14)33-22(28)16-9-8-15(25(29)30)12-17(16)23/h2-12,20H,1H3,(H,24,27). The third-order valence-corrected chi connectivity index (χ3v) is 4.87. The molecule has 168 valence electrons. The van der Waals surface area contributed by atoms with Crippen LogP contribution in [-0.2, 0) is 9.53 Å². The molecule has 0 radical (unpaired) electrons. The quantitative estimate of drug-likeness (QED) is 0.291. The summed E-state index contributed by atoms with van der Waals surface area (Å²) in [6.07, 6.45) is -1.48. The lowest BCUT2D eigenvalue weighted by Crippen LogP contribution is -2.26. The normalized spacial score (nSPS) is 11.3. The van der Waals surface area contributed by atoms with E-state index < -0.39 is 27.8 Å². The molecule has 0 spiro atoms. The minimum Gasteiger partial charge on any atom is -0.444 e. The van der Waals surface area contributed by atoms with Crippen LogP contribution in [0.4, 0.5) is 17.1 Å². The third-order valence-electron chi connectivity index (χ3n) is 4.56. The molecule has 0 aliphatic heterocycles. The van der Waals surface area contributed by atoms with E-state index >= 15 is 0 Å². The van der Waals surface area contributed by atoms with E-state index in [1.54, 1.807) is 43.3 Å². The molecule has 1 atom stereocenters. The summed E-state index contributed by atoms with van der Waals surface area (Å²) in [4.78, 5) is 46.7. The molecule has 10 nitrogen and oxygen atoms in total. The molecule has 0 saturated carbocycles. The lowest BCUT2D eigenvalue weighted by atomic mass is 10.1. The Bertz CT molecular complexity index is 1250. The fourth-order valence-electron chi connectivity index (χ4n) is 2.95. The molecule has 1 unspecified atom stereocenters. The zero-order chi connectivity index (χ0) is 24.1. The third kappa shape index (κ3) is 5.49. The van der Waals surface area contributed by atoms with Gasteiger partial charge in [0.2, 0.25) is 6.10 Å². The second-order valence-electron chi connectivity index (χ2n) is 6.88. The highest BCUT2D eigenvalue weighted by Gasteiger charge is 2.29. The number of carbonyl (C=O) groups excluding carboxylic acids is 2. The smallest absolute Gasteiger partial charge is 0.340 e. The zero-order valence-corrected chi connectivity index (χ0v) is 17.8. The summed E-state index contributed by atoms with van der Waals surface area (Å²) >= 11 is 6.00. The SMILES string of the molecule is Cc1ccc(NC(=O)C(OC(=O)c2ccc([N+](=O)[O-])cc2Cl)c2ccccc2)c([N+](=O)[O-])c1. The summed E-state index contributed by atoms with van der Waals surface area (Å²) in [6, 6.07) is 15.5. The summed E-state index contributed by atoms with van der Waals surface area (Å²) in [6.45, 7) is 1.67. The monoisotopic (exact) mass is 469 g/mol. The van der Waals surface area contributed by atoms with E-state index in [1.807, 2.05) is 0 Å². The van der Waals surface area contributed by atoms with Gasteiger partial charge >= 0.3 is 5.97 Å². The molecule has 3 aromatic rings. The molecule has 11 heteroatoms. The predicted octanol–water partition coefficient (Wildman–Crippen LogP) is 5.00. The number of rotatable bonds is 7. The van der Waals surface area contributed by atoms with Crippen molar-refractivity contribution in [1.29, 1.82) is 0 Å². The van der Waals surface area contributed by atoms with E-state index in [4.69, 9.17) is 16.3 Å². The molecular formula is C22H16ClN3O7. The molecule has 3 aromatic carbocycles. The van der Waals surface area contributed by atoms with Crippen LogP contribution in [0.2, 0.25) is 5.02 Å². The number of nitro benzene ring substituents is 2. The van der Waals surface area contributed by atoms with Crippen LogP contribution in [0.1, 0.15) is 27.6 Å². The highest BCUT2D eigenvalue weighted by molar-refractivity contribution is 6.33. The number of carbonyl (C=O) groups is 2. The summed E-state index contributed by atoms with van der Waals surface area (Å²) in [7, 11) is 0. The number of anilines is 1. The second kappa shape index (κ2) is 9.88. The molecule has 1 N–H and O–H groups in total. The topological polar surface area (TPSA) is 142 Å². The Morgan fingerprint density at radius 2 is 1.67 bits per heavy atom. The number of nitrogens with zero attached hydrogens (tertiary/aromatic N) is 2. The van der Waals surface area contributed by atoms with Crippen LogP contribution in [-0.4, -0.2) is 21.7 Å². The number of hydrogen-bond acceptors (Lipinski definition) is 7. The van der Waals surface area contributed by atoms with Crippen molar-refractivity contribution in [3.63, 3.8) is 0 Å². The first-order chi connectivity index (χ1) is 15.7. The first-order valence-electron chi connectivity index (χ1n) is 9.43. The van der Waals surface area contributed by atoms with Crippen LogP contribution in [0.15, 0.2) is 66.7 Å². The van der Waals surface area contributed by atoms with E-state index in [0.29, 0.717) is 11.1 Å². The molecule has 0 heterocycles. The van der Waals surface area contributed by atoms with Gasteiger partial charge in [0, 0.05) is 23.8 Å². The number of nitro groups is 2. The van der Waals surface area contributed by atoms with Crippen LogP contribution in [0.3, 0.4) is 0 Å². The minimum absolute atomic E-state index is 0.0686. The minimum atomic E-state index is -1.48. The number of esters is 1. The van der Waals surface area contributed by atoms with Crippen LogP contribution in [0.25, 0.3) is 0 Å². The number of benzene rings is 3. The molecule has 0 aliphatic carbocycles. The Labute approximate surface area is 192 Å². The first kappa shape index (κ1) is 23.4. The Kier molecular flexibility index (Phi) is 6.99. The average molecular weight is 470 g/mol. The lowest BCUT2D eigenvalue weighted by molar-refractivity contribution is -0.384. The molecule has 33 heavy (non-hydrogen) atoms. The van der Waals surface area contributed by atoms with Crippen molar-refractivity contribution in [3.05, 3.63) is 109 Å². The maximum Gasteiger partial charge on any atom is 0.340 e. The van der Waals surface area contributed by atoms with Crippen molar-refractivity contribution in [2.75, 3.05) is 5.32 Å². The Balaban J connectivity index is 1.92. The van der Waals surface area contributed by atoms with Gasteiger partial charge < -0.3 is 10.1 Å². The highest BCUT2D eigenvalue weighted by atomic mass is 35.5. The number of nitrogens with one attached hydrogen (secondary N) is 1. The molecule has 0 aliphatic rings. The van der Waals surface area contributed by atoms with Crippen molar-refractivity contribution in [2.45, 2.75) is 13.0 Å². The van der Waals surface area contributed by atoms with Gasteiger partial charge in [0.1, 0.15) is 5.69 Å². The summed E-state index contributed by atoms with van der Waals surface area (Å²) in [5.41, 5.74) is 0.0356. The van der Waals surface area contributed by atoms with E-state index in [2.05, 4.69) is 5.32 Å². The van der Waals surface area contributed by atoms with Gasteiger partial charge in [0.25, 0.3) is 17.3 Å². The van der Waals surface area contributed by atoms with Crippen molar-refractivity contribution in [3.8, 4) is 0 Å². The summed E-state index contributed by atoms with van der Waals surface area (Å²) in [5, 5.41) is 24.5. The molecular weight excluding hydrogens is 454 g/mol. The van der Waals surface area contributed by atoms with Crippen LogP contribution in [0, 0.1) is 27.2 Å². The van der Waals surface area contributed by atoms with Crippen molar-refractivity contribution in [1.82, 2.24) is 0 Å². The highest BCUT2D eigenvalue weighted by Crippen LogP contribution is 2.29.